The summed E-state index contributed by atoms with van der Waals surface area (Å²) < 4.78 is 85.2. The predicted molar refractivity (Wildman–Crippen MR) is 194 cm³/mol. The molecular weight excluding hydrogens is 768 g/mol. The molecule has 1 aliphatic rings. The molecule has 0 unspecified atom stereocenters. The number of sulfone groups is 1. The number of rotatable bonds is 11. The first-order chi connectivity index (χ1) is 26.2. The second-order valence-corrected chi connectivity index (χ2v) is 15.1. The van der Waals surface area contributed by atoms with Gasteiger partial charge in [0.1, 0.15) is 23.4 Å². The standard InChI is InChI=1S/C35H37FN4O8S.C2HF3O2/c1-5-48-23-8-10-28(36)26(18-23)30(39-22-7-9-24-20(16-22)12-14-38-32(24)37)33(41)40-15-13-25(34(42)43)31(40)27-17-21(35(44)47-4)6-11-29(27)49(45,46)19(2)3;3-2(4,5)1(6)7/h6-12,14,16-19,25,30-31,39H,5,13,15H2,1-4H3,(H2,37,38)(H,42,43);(H,6,7)/t25-,30+,31+;/m0./s1. The second-order valence-electron chi connectivity index (χ2n) is 12.7. The van der Waals surface area contributed by atoms with Crippen LogP contribution in [-0.2, 0) is 29.0 Å². The number of methoxy groups -OCH3 is 1. The van der Waals surface area contributed by atoms with E-state index >= 15 is 4.39 Å². The topological polar surface area (TPSA) is 216 Å². The molecule has 14 nitrogen and oxygen atoms in total. The van der Waals surface area contributed by atoms with Crippen LogP contribution in [0.4, 0.5) is 29.1 Å². The highest BCUT2D eigenvalue weighted by molar-refractivity contribution is 7.92. The van der Waals surface area contributed by atoms with Gasteiger partial charge in [0.15, 0.2) is 9.84 Å². The van der Waals surface area contributed by atoms with E-state index in [-0.39, 0.29) is 41.2 Å². The van der Waals surface area contributed by atoms with Gasteiger partial charge in [0.2, 0.25) is 5.91 Å². The van der Waals surface area contributed by atoms with Crippen LogP contribution in [0.15, 0.2) is 71.8 Å². The van der Waals surface area contributed by atoms with Gasteiger partial charge >= 0.3 is 24.1 Å². The van der Waals surface area contributed by atoms with Gasteiger partial charge in [-0.1, -0.05) is 0 Å². The van der Waals surface area contributed by atoms with E-state index in [1.165, 1.54) is 61.3 Å². The molecule has 19 heteroatoms. The molecule has 4 aromatic rings. The molecule has 300 valence electrons. The van der Waals surface area contributed by atoms with Crippen LogP contribution in [0.1, 0.15) is 60.8 Å². The molecule has 1 aromatic heterocycles. The number of aromatic nitrogens is 1. The largest absolute Gasteiger partial charge is 0.494 e. The van der Waals surface area contributed by atoms with E-state index < -0.39 is 68.9 Å². The Hall–Kier alpha value is -5.98. The summed E-state index contributed by atoms with van der Waals surface area (Å²) in [7, 11) is -2.89. The molecule has 0 saturated carbocycles. The zero-order chi connectivity index (χ0) is 41.7. The zero-order valence-corrected chi connectivity index (χ0v) is 31.2. The Balaban J connectivity index is 0.000000908. The first-order valence-electron chi connectivity index (χ1n) is 16.8. The van der Waals surface area contributed by atoms with Gasteiger partial charge < -0.3 is 35.6 Å². The minimum Gasteiger partial charge on any atom is -0.494 e. The van der Waals surface area contributed by atoms with Gasteiger partial charge in [-0.2, -0.15) is 13.2 Å². The van der Waals surface area contributed by atoms with Crippen molar-refractivity contribution in [3.8, 4) is 5.75 Å². The van der Waals surface area contributed by atoms with E-state index in [1.54, 1.807) is 31.2 Å². The van der Waals surface area contributed by atoms with Crippen molar-refractivity contribution in [1.29, 1.82) is 0 Å². The molecule has 2 heterocycles. The molecule has 0 bridgehead atoms. The number of hydrogen-bond donors (Lipinski definition) is 4. The fraction of sp³-hybridized carbons (Fsp3) is 0.324. The number of carboxylic acids is 2. The zero-order valence-electron chi connectivity index (χ0n) is 30.3. The van der Waals surface area contributed by atoms with Gasteiger partial charge in [0.25, 0.3) is 0 Å². The maximum absolute atomic E-state index is 15.7. The number of ether oxygens (including phenoxy) is 2. The molecule has 5 rings (SSSR count). The highest BCUT2D eigenvalue weighted by Gasteiger charge is 2.47. The second kappa shape index (κ2) is 17.2. The average Bonchev–Trinajstić information content (AvgIpc) is 3.59. The number of nitrogens with two attached hydrogens (primary N) is 1. The van der Waals surface area contributed by atoms with E-state index in [0.717, 1.165) is 7.11 Å². The number of esters is 1. The molecular formula is C37H38F4N4O10S. The summed E-state index contributed by atoms with van der Waals surface area (Å²) in [4.78, 5) is 54.1. The van der Waals surface area contributed by atoms with Crippen molar-refractivity contribution in [2.75, 3.05) is 31.3 Å². The maximum atomic E-state index is 15.7. The molecule has 1 fully saturated rings. The Kier molecular flexibility index (Phi) is 13.1. The van der Waals surface area contributed by atoms with Crippen LogP contribution in [0.2, 0.25) is 0 Å². The molecule has 0 radical (unpaired) electrons. The third kappa shape index (κ3) is 9.27. The smallest absolute Gasteiger partial charge is 0.490 e. The fourth-order valence-electron chi connectivity index (χ4n) is 6.12. The van der Waals surface area contributed by atoms with Crippen LogP contribution < -0.4 is 15.8 Å². The molecule has 3 atom stereocenters. The number of nitrogens with one attached hydrogen (secondary N) is 1. The van der Waals surface area contributed by atoms with E-state index in [0.29, 0.717) is 28.0 Å². The summed E-state index contributed by atoms with van der Waals surface area (Å²) in [6.45, 7) is 4.87. The van der Waals surface area contributed by atoms with Gasteiger partial charge in [0.05, 0.1) is 41.4 Å². The highest BCUT2D eigenvalue weighted by atomic mass is 32.2. The maximum Gasteiger partial charge on any atom is 0.490 e. The van der Waals surface area contributed by atoms with Gasteiger partial charge in [-0.3, -0.25) is 9.59 Å². The number of fused-ring (bicyclic) bond motifs is 1. The summed E-state index contributed by atoms with van der Waals surface area (Å²) in [5.74, 6) is -6.93. The first-order valence-corrected chi connectivity index (χ1v) is 18.4. The van der Waals surface area contributed by atoms with E-state index in [9.17, 15) is 41.1 Å². The van der Waals surface area contributed by atoms with Crippen LogP contribution in [-0.4, -0.2) is 84.0 Å². The summed E-state index contributed by atoms with van der Waals surface area (Å²) in [6.07, 6.45) is -3.59. The van der Waals surface area contributed by atoms with Gasteiger partial charge in [0, 0.05) is 29.4 Å². The lowest BCUT2D eigenvalue weighted by molar-refractivity contribution is -0.192. The van der Waals surface area contributed by atoms with Crippen molar-refractivity contribution in [2.45, 2.75) is 55.6 Å². The molecule has 0 spiro atoms. The number of amides is 1. The third-order valence-corrected chi connectivity index (χ3v) is 11.1. The highest BCUT2D eigenvalue weighted by Crippen LogP contribution is 2.43. The van der Waals surface area contributed by atoms with Crippen molar-refractivity contribution in [1.82, 2.24) is 9.88 Å². The number of anilines is 2. The number of carbonyl (C=O) groups is 4. The minimum absolute atomic E-state index is 0.0290. The number of carbonyl (C=O) groups excluding carboxylic acids is 2. The SMILES string of the molecule is CCOc1ccc(F)c([C@@H](Nc2ccc3c(N)nccc3c2)C(=O)N2CC[C@H](C(=O)O)[C@@H]2c2cc(C(=O)OC)ccc2S(=O)(=O)C(C)C)c1.O=C(O)C(F)(F)F. The van der Waals surface area contributed by atoms with Crippen molar-refractivity contribution in [2.24, 2.45) is 5.92 Å². The van der Waals surface area contributed by atoms with Crippen LogP contribution >= 0.6 is 0 Å². The molecule has 56 heavy (non-hydrogen) atoms. The Morgan fingerprint density at radius 1 is 1.04 bits per heavy atom. The fourth-order valence-corrected chi connectivity index (χ4v) is 7.39. The number of nitrogen functional groups attached to an aromatic ring is 1. The normalized spacial score (nSPS) is 16.1. The lowest BCUT2D eigenvalue weighted by Crippen LogP contribution is -2.40. The molecule has 1 aliphatic heterocycles. The van der Waals surface area contributed by atoms with E-state index in [4.69, 9.17) is 25.1 Å². The van der Waals surface area contributed by atoms with Crippen LogP contribution in [0.5, 0.6) is 5.75 Å². The summed E-state index contributed by atoms with van der Waals surface area (Å²) in [5, 5.41) is 21.0. The number of aliphatic carboxylic acids is 2. The number of benzene rings is 3. The van der Waals surface area contributed by atoms with Crippen molar-refractivity contribution >= 4 is 55.9 Å². The molecule has 1 amide bonds. The van der Waals surface area contributed by atoms with Crippen molar-refractivity contribution in [3.05, 3.63) is 89.4 Å². The minimum atomic E-state index is -5.08. The van der Waals surface area contributed by atoms with Crippen LogP contribution in [0.3, 0.4) is 0 Å². The quantitative estimate of drug-likeness (QED) is 0.105. The average molecular weight is 807 g/mol. The number of carboxylic acid groups (broad SMARTS) is 2. The van der Waals surface area contributed by atoms with Gasteiger partial charge in [-0.25, -0.2) is 27.4 Å². The number of hydrogen-bond acceptors (Lipinski definition) is 11. The van der Waals surface area contributed by atoms with Crippen LogP contribution in [0, 0.1) is 11.7 Å². The summed E-state index contributed by atoms with van der Waals surface area (Å²) in [5.41, 5.74) is 6.28. The molecule has 0 aliphatic carbocycles. The number of alkyl halides is 3. The number of likely N-dealkylation sites (tertiary alicyclic amines) is 1. The molecule has 3 aromatic carbocycles. The summed E-state index contributed by atoms with van der Waals surface area (Å²) >= 11 is 0. The van der Waals surface area contributed by atoms with Crippen molar-refractivity contribution < 1.29 is 64.8 Å². The van der Waals surface area contributed by atoms with Gasteiger partial charge in [-0.15, -0.1) is 0 Å². The predicted octanol–water partition coefficient (Wildman–Crippen LogP) is 5.78. The number of nitrogens with zero attached hydrogens (tertiary/aromatic N) is 2. The Labute approximate surface area is 318 Å². The summed E-state index contributed by atoms with van der Waals surface area (Å²) in [6, 6.07) is 11.8. The number of halogens is 4. The first kappa shape index (κ1) is 42.8. The van der Waals surface area contributed by atoms with Gasteiger partial charge in [-0.05, 0) is 98.8 Å². The Morgan fingerprint density at radius 3 is 2.30 bits per heavy atom. The van der Waals surface area contributed by atoms with Crippen LogP contribution in [0.25, 0.3) is 10.8 Å². The number of pyridine rings is 1. The van der Waals surface area contributed by atoms with Crippen molar-refractivity contribution in [3.63, 3.8) is 0 Å². The third-order valence-electron chi connectivity index (χ3n) is 8.86. The molecule has 1 saturated heterocycles. The molecule has 5 N–H and O–H groups in total. The lowest BCUT2D eigenvalue weighted by atomic mass is 9.92. The van der Waals surface area contributed by atoms with E-state index in [2.05, 4.69) is 10.3 Å². The Bertz CT molecular complexity index is 2250. The van der Waals surface area contributed by atoms with E-state index in [1.807, 2.05) is 0 Å². The lowest BCUT2D eigenvalue weighted by Gasteiger charge is -2.33. The monoisotopic (exact) mass is 806 g/mol. The Morgan fingerprint density at radius 2 is 1.71 bits per heavy atom.